The molecule has 0 unspecified atom stereocenters. The van der Waals surface area contributed by atoms with Gasteiger partial charge in [-0.05, 0) is 25.7 Å². The molecular formula is C12H20O4. The van der Waals surface area contributed by atoms with Gasteiger partial charge in [0.2, 0.25) is 0 Å². The molecule has 1 fully saturated rings. The first-order chi connectivity index (χ1) is 7.72. The van der Waals surface area contributed by atoms with Crippen molar-refractivity contribution in [2.45, 2.75) is 45.4 Å². The van der Waals surface area contributed by atoms with Gasteiger partial charge in [-0.3, -0.25) is 9.59 Å². The van der Waals surface area contributed by atoms with Crippen LogP contribution in [0.5, 0.6) is 0 Å². The summed E-state index contributed by atoms with van der Waals surface area (Å²) in [6, 6.07) is 0. The van der Waals surface area contributed by atoms with E-state index in [0.29, 0.717) is 19.1 Å². The minimum atomic E-state index is -0.504. The first kappa shape index (κ1) is 13.0. The molecule has 0 N–H and O–H groups in total. The zero-order valence-electron chi connectivity index (χ0n) is 9.87. The van der Waals surface area contributed by atoms with Gasteiger partial charge in [0.15, 0.2) is 0 Å². The van der Waals surface area contributed by atoms with E-state index in [1.54, 1.807) is 6.92 Å². The molecule has 0 aromatic carbocycles. The zero-order chi connectivity index (χ0) is 11.8. The molecule has 0 amide bonds. The van der Waals surface area contributed by atoms with Crippen molar-refractivity contribution in [3.05, 3.63) is 0 Å². The topological polar surface area (TPSA) is 52.6 Å². The molecule has 0 aliphatic heterocycles. The number of hydrogen-bond donors (Lipinski definition) is 0. The van der Waals surface area contributed by atoms with Crippen LogP contribution in [0.25, 0.3) is 0 Å². The average molecular weight is 228 g/mol. The maximum atomic E-state index is 11.2. The molecule has 1 rings (SSSR count). The third kappa shape index (κ3) is 5.14. The second kappa shape index (κ2) is 7.25. The van der Waals surface area contributed by atoms with Gasteiger partial charge in [0.25, 0.3) is 0 Å². The normalized spacial score (nSPS) is 16.8. The van der Waals surface area contributed by atoms with Gasteiger partial charge in [0.05, 0.1) is 13.2 Å². The van der Waals surface area contributed by atoms with Crippen LogP contribution in [-0.2, 0) is 19.1 Å². The van der Waals surface area contributed by atoms with Gasteiger partial charge >= 0.3 is 11.9 Å². The zero-order valence-corrected chi connectivity index (χ0v) is 9.87. The molecule has 4 nitrogen and oxygen atoms in total. The van der Waals surface area contributed by atoms with Crippen LogP contribution in [0, 0.1) is 5.92 Å². The molecule has 92 valence electrons. The molecule has 1 saturated carbocycles. The summed E-state index contributed by atoms with van der Waals surface area (Å²) in [5.41, 5.74) is 0. The van der Waals surface area contributed by atoms with E-state index >= 15 is 0 Å². The van der Waals surface area contributed by atoms with E-state index in [4.69, 9.17) is 4.74 Å². The summed E-state index contributed by atoms with van der Waals surface area (Å²) in [4.78, 5) is 22.2. The number of esters is 2. The van der Waals surface area contributed by atoms with Crippen LogP contribution in [0.3, 0.4) is 0 Å². The second-order valence-electron chi connectivity index (χ2n) is 4.17. The highest BCUT2D eigenvalue weighted by molar-refractivity contribution is 5.91. The summed E-state index contributed by atoms with van der Waals surface area (Å²) in [6.07, 6.45) is 5.73. The van der Waals surface area contributed by atoms with E-state index in [1.807, 2.05) is 0 Å². The van der Waals surface area contributed by atoms with Gasteiger partial charge in [-0.2, -0.15) is 0 Å². The summed E-state index contributed by atoms with van der Waals surface area (Å²) in [6.45, 7) is 2.47. The molecule has 0 heterocycles. The Kier molecular flexibility index (Phi) is 5.90. The molecular weight excluding hydrogens is 208 g/mol. The summed E-state index contributed by atoms with van der Waals surface area (Å²) >= 11 is 0. The van der Waals surface area contributed by atoms with E-state index in [9.17, 15) is 9.59 Å². The third-order valence-corrected chi connectivity index (χ3v) is 2.80. The highest BCUT2D eigenvalue weighted by atomic mass is 16.6. The molecule has 0 aromatic rings. The van der Waals surface area contributed by atoms with Gasteiger partial charge in [-0.15, -0.1) is 0 Å². The van der Waals surface area contributed by atoms with Crippen molar-refractivity contribution in [1.29, 1.82) is 0 Å². The Hall–Kier alpha value is -1.06. The lowest BCUT2D eigenvalue weighted by molar-refractivity contribution is -0.155. The predicted molar refractivity (Wildman–Crippen MR) is 58.8 cm³/mol. The molecule has 0 radical (unpaired) electrons. The summed E-state index contributed by atoms with van der Waals surface area (Å²) in [7, 11) is 0. The molecule has 1 aliphatic carbocycles. The van der Waals surface area contributed by atoms with Gasteiger partial charge in [0.1, 0.15) is 6.42 Å². The van der Waals surface area contributed by atoms with Crippen molar-refractivity contribution in [1.82, 2.24) is 0 Å². The van der Waals surface area contributed by atoms with Crippen molar-refractivity contribution in [2.24, 2.45) is 5.92 Å². The number of carbonyl (C=O) groups excluding carboxylic acids is 2. The Balaban J connectivity index is 2.11. The molecule has 0 atom stereocenters. The molecule has 1 aliphatic rings. The van der Waals surface area contributed by atoms with E-state index in [0.717, 1.165) is 12.8 Å². The van der Waals surface area contributed by atoms with Crippen LogP contribution >= 0.6 is 0 Å². The largest absolute Gasteiger partial charge is 0.466 e. The van der Waals surface area contributed by atoms with Crippen LogP contribution in [0.4, 0.5) is 0 Å². The molecule has 16 heavy (non-hydrogen) atoms. The number of carbonyl (C=O) groups is 2. The van der Waals surface area contributed by atoms with Crippen molar-refractivity contribution in [3.63, 3.8) is 0 Å². The van der Waals surface area contributed by atoms with Crippen molar-refractivity contribution in [2.75, 3.05) is 13.2 Å². The summed E-state index contributed by atoms with van der Waals surface area (Å²) < 4.78 is 9.72. The minimum Gasteiger partial charge on any atom is -0.466 e. The fourth-order valence-electron chi connectivity index (χ4n) is 1.95. The fraction of sp³-hybridized carbons (Fsp3) is 0.833. The lowest BCUT2D eigenvalue weighted by atomic mass is 9.90. The maximum Gasteiger partial charge on any atom is 0.317 e. The Morgan fingerprint density at radius 3 is 2.31 bits per heavy atom. The average Bonchev–Trinajstić information content (AvgIpc) is 2.28. The first-order valence-electron chi connectivity index (χ1n) is 6.03. The van der Waals surface area contributed by atoms with Crippen LogP contribution in [-0.4, -0.2) is 25.2 Å². The van der Waals surface area contributed by atoms with E-state index in [1.165, 1.54) is 19.3 Å². The molecule has 0 aromatic heterocycles. The number of rotatable bonds is 5. The van der Waals surface area contributed by atoms with Crippen molar-refractivity contribution in [3.8, 4) is 0 Å². The van der Waals surface area contributed by atoms with Gasteiger partial charge in [-0.25, -0.2) is 0 Å². The lowest BCUT2D eigenvalue weighted by Crippen LogP contribution is -2.19. The number of hydrogen-bond acceptors (Lipinski definition) is 4. The maximum absolute atomic E-state index is 11.2. The van der Waals surface area contributed by atoms with Crippen LogP contribution in [0.2, 0.25) is 0 Å². The highest BCUT2D eigenvalue weighted by Gasteiger charge is 2.17. The quantitative estimate of drug-likeness (QED) is 0.534. The highest BCUT2D eigenvalue weighted by Crippen LogP contribution is 2.23. The van der Waals surface area contributed by atoms with Crippen LogP contribution in [0.15, 0.2) is 0 Å². The molecule has 0 spiro atoms. The molecule has 0 saturated heterocycles. The first-order valence-corrected chi connectivity index (χ1v) is 6.03. The Bertz CT molecular complexity index is 231. The Labute approximate surface area is 96.3 Å². The molecule has 0 bridgehead atoms. The van der Waals surface area contributed by atoms with Crippen LogP contribution < -0.4 is 0 Å². The smallest absolute Gasteiger partial charge is 0.317 e. The summed E-state index contributed by atoms with van der Waals surface area (Å²) in [5.74, 6) is -0.486. The van der Waals surface area contributed by atoms with Gasteiger partial charge in [-0.1, -0.05) is 19.3 Å². The Morgan fingerprint density at radius 1 is 1.06 bits per heavy atom. The van der Waals surface area contributed by atoms with E-state index in [2.05, 4.69) is 4.74 Å². The Morgan fingerprint density at radius 2 is 1.69 bits per heavy atom. The standard InChI is InChI=1S/C12H20O4/c1-2-15-11(13)8-12(14)16-9-10-6-4-3-5-7-10/h10H,2-9H2,1H3. The lowest BCUT2D eigenvalue weighted by Gasteiger charge is -2.20. The van der Waals surface area contributed by atoms with Crippen molar-refractivity contribution < 1.29 is 19.1 Å². The predicted octanol–water partition coefficient (Wildman–Crippen LogP) is 2.06. The second-order valence-corrected chi connectivity index (χ2v) is 4.17. The van der Waals surface area contributed by atoms with Gasteiger partial charge < -0.3 is 9.47 Å². The fourth-order valence-corrected chi connectivity index (χ4v) is 1.95. The minimum absolute atomic E-state index is 0.263. The molecule has 4 heteroatoms. The van der Waals surface area contributed by atoms with Crippen LogP contribution in [0.1, 0.15) is 45.4 Å². The summed E-state index contributed by atoms with van der Waals surface area (Å²) in [5, 5.41) is 0. The number of ether oxygens (including phenoxy) is 2. The monoisotopic (exact) mass is 228 g/mol. The SMILES string of the molecule is CCOC(=O)CC(=O)OCC1CCCCC1. The van der Waals surface area contributed by atoms with Crippen molar-refractivity contribution >= 4 is 11.9 Å². The van der Waals surface area contributed by atoms with E-state index in [-0.39, 0.29) is 6.42 Å². The third-order valence-electron chi connectivity index (χ3n) is 2.80. The van der Waals surface area contributed by atoms with E-state index < -0.39 is 11.9 Å². The van der Waals surface area contributed by atoms with Gasteiger partial charge in [0, 0.05) is 0 Å².